The van der Waals surface area contributed by atoms with Crippen molar-refractivity contribution in [3.63, 3.8) is 0 Å². The van der Waals surface area contributed by atoms with E-state index in [9.17, 15) is 9.18 Å². The summed E-state index contributed by atoms with van der Waals surface area (Å²) in [6.45, 7) is 3.39. The fraction of sp³-hybridized carbons (Fsp3) is 0.333. The van der Waals surface area contributed by atoms with Gasteiger partial charge in [0.05, 0.1) is 0 Å². The molecule has 0 spiro atoms. The van der Waals surface area contributed by atoms with Gasteiger partial charge in [-0.1, -0.05) is 12.1 Å². The van der Waals surface area contributed by atoms with Gasteiger partial charge < -0.3 is 16.0 Å². The van der Waals surface area contributed by atoms with Gasteiger partial charge in [0, 0.05) is 37.1 Å². The molecule has 1 aromatic heterocycles. The highest BCUT2D eigenvalue weighted by atomic mass is 127. The van der Waals surface area contributed by atoms with E-state index in [2.05, 4.69) is 32.4 Å². The molecule has 2 aromatic rings. The number of carbonyl (C=O) groups is 1. The van der Waals surface area contributed by atoms with E-state index >= 15 is 0 Å². The number of thiophene rings is 1. The second kappa shape index (κ2) is 11.8. The van der Waals surface area contributed by atoms with Crippen LogP contribution >= 0.6 is 35.3 Å². The number of nitrogens with zero attached hydrogens (tertiary/aromatic N) is 1. The van der Waals surface area contributed by atoms with E-state index in [4.69, 9.17) is 0 Å². The molecule has 0 aliphatic rings. The Hall–Kier alpha value is -1.68. The van der Waals surface area contributed by atoms with Crippen molar-refractivity contribution >= 4 is 47.2 Å². The summed E-state index contributed by atoms with van der Waals surface area (Å²) in [7, 11) is 1.70. The Morgan fingerprint density at radius 2 is 1.88 bits per heavy atom. The second-order valence-corrected chi connectivity index (χ2v) is 6.51. The van der Waals surface area contributed by atoms with E-state index < -0.39 is 0 Å². The monoisotopic (exact) mass is 490 g/mol. The average molecular weight is 490 g/mol. The van der Waals surface area contributed by atoms with E-state index in [1.54, 1.807) is 37.4 Å². The van der Waals surface area contributed by atoms with Crippen molar-refractivity contribution in [1.29, 1.82) is 0 Å². The van der Waals surface area contributed by atoms with Crippen LogP contribution in [0.5, 0.6) is 0 Å². The molecule has 0 aliphatic carbocycles. The van der Waals surface area contributed by atoms with Crippen LogP contribution in [-0.2, 0) is 6.42 Å². The Labute approximate surface area is 174 Å². The Morgan fingerprint density at radius 3 is 2.54 bits per heavy atom. The maximum absolute atomic E-state index is 13.5. The van der Waals surface area contributed by atoms with Crippen LogP contribution in [-0.4, -0.2) is 38.5 Å². The number of benzene rings is 1. The normalized spacial score (nSPS) is 10.8. The average Bonchev–Trinajstić information content (AvgIpc) is 3.12. The van der Waals surface area contributed by atoms with Crippen LogP contribution in [0.15, 0.2) is 40.7 Å². The number of aliphatic imine (C=N–C) groups is 1. The highest BCUT2D eigenvalue weighted by Crippen LogP contribution is 2.09. The largest absolute Gasteiger partial charge is 0.356 e. The molecule has 26 heavy (non-hydrogen) atoms. The molecule has 2 rings (SSSR count). The van der Waals surface area contributed by atoms with Crippen molar-refractivity contribution in [2.45, 2.75) is 13.3 Å². The topological polar surface area (TPSA) is 65.5 Å². The zero-order chi connectivity index (χ0) is 18.1. The van der Waals surface area contributed by atoms with Crippen LogP contribution in [0.3, 0.4) is 0 Å². The zero-order valence-corrected chi connectivity index (χ0v) is 18.0. The van der Waals surface area contributed by atoms with Crippen molar-refractivity contribution in [1.82, 2.24) is 16.0 Å². The Morgan fingerprint density at radius 1 is 1.15 bits per heavy atom. The first kappa shape index (κ1) is 22.4. The molecule has 0 unspecified atom stereocenters. The standard InChI is InChI=1S/C18H23FN4OS.HI/c1-13-5-6-14(12-16(13)19)17(24)21-9-10-23-18(20-2)22-8-7-15-4-3-11-25-15;/h3-6,11-12H,7-10H2,1-2H3,(H,21,24)(H2,20,22,23);1H. The van der Waals surface area contributed by atoms with Gasteiger partial charge in [-0.05, 0) is 42.5 Å². The number of hydrogen-bond donors (Lipinski definition) is 3. The summed E-state index contributed by atoms with van der Waals surface area (Å²) in [4.78, 5) is 17.4. The number of hydrogen-bond acceptors (Lipinski definition) is 3. The molecular weight excluding hydrogens is 466 g/mol. The van der Waals surface area contributed by atoms with Crippen LogP contribution in [0.1, 0.15) is 20.8 Å². The lowest BCUT2D eigenvalue weighted by Crippen LogP contribution is -2.42. The van der Waals surface area contributed by atoms with Crippen molar-refractivity contribution in [3.8, 4) is 0 Å². The molecule has 3 N–H and O–H groups in total. The third-order valence-electron chi connectivity index (χ3n) is 3.60. The molecular formula is C18H24FIN4OS. The molecule has 1 heterocycles. The van der Waals surface area contributed by atoms with E-state index in [1.165, 1.54) is 10.9 Å². The number of guanidine groups is 1. The minimum absolute atomic E-state index is 0. The summed E-state index contributed by atoms with van der Waals surface area (Å²) < 4.78 is 13.5. The summed E-state index contributed by atoms with van der Waals surface area (Å²) in [5, 5.41) is 11.2. The Bertz CT molecular complexity index is 722. The summed E-state index contributed by atoms with van der Waals surface area (Å²) in [5.74, 6) is 0.0228. The molecule has 0 saturated heterocycles. The van der Waals surface area contributed by atoms with Crippen molar-refractivity contribution in [3.05, 3.63) is 57.5 Å². The highest BCUT2D eigenvalue weighted by molar-refractivity contribution is 14.0. The van der Waals surface area contributed by atoms with Crippen LogP contribution in [0.4, 0.5) is 4.39 Å². The van der Waals surface area contributed by atoms with Crippen LogP contribution < -0.4 is 16.0 Å². The fourth-order valence-electron chi connectivity index (χ4n) is 2.17. The van der Waals surface area contributed by atoms with Gasteiger partial charge in [0.1, 0.15) is 5.82 Å². The van der Waals surface area contributed by atoms with E-state index in [0.717, 1.165) is 13.0 Å². The molecule has 1 aromatic carbocycles. The minimum Gasteiger partial charge on any atom is -0.356 e. The van der Waals surface area contributed by atoms with Gasteiger partial charge in [-0.3, -0.25) is 9.79 Å². The van der Waals surface area contributed by atoms with Gasteiger partial charge in [-0.15, -0.1) is 35.3 Å². The van der Waals surface area contributed by atoms with Crippen LogP contribution in [0.2, 0.25) is 0 Å². The SMILES string of the molecule is CN=C(NCCNC(=O)c1ccc(C)c(F)c1)NCCc1cccs1.I. The van der Waals surface area contributed by atoms with Gasteiger partial charge in [-0.2, -0.15) is 0 Å². The molecule has 8 heteroatoms. The van der Waals surface area contributed by atoms with E-state index in [0.29, 0.717) is 30.2 Å². The fourth-order valence-corrected chi connectivity index (χ4v) is 2.88. The first-order valence-corrected chi connectivity index (χ1v) is 8.99. The summed E-state index contributed by atoms with van der Waals surface area (Å²) >= 11 is 1.73. The van der Waals surface area contributed by atoms with E-state index in [1.807, 2.05) is 6.07 Å². The van der Waals surface area contributed by atoms with Crippen molar-refractivity contribution in [2.24, 2.45) is 4.99 Å². The predicted molar refractivity (Wildman–Crippen MR) is 116 cm³/mol. The van der Waals surface area contributed by atoms with Crippen LogP contribution in [0.25, 0.3) is 0 Å². The van der Waals surface area contributed by atoms with Crippen molar-refractivity contribution < 1.29 is 9.18 Å². The smallest absolute Gasteiger partial charge is 0.251 e. The number of amides is 1. The van der Waals surface area contributed by atoms with Crippen molar-refractivity contribution in [2.75, 3.05) is 26.7 Å². The highest BCUT2D eigenvalue weighted by Gasteiger charge is 2.07. The third-order valence-corrected chi connectivity index (χ3v) is 4.54. The van der Waals surface area contributed by atoms with E-state index in [-0.39, 0.29) is 35.7 Å². The number of nitrogens with one attached hydrogen (secondary N) is 3. The quantitative estimate of drug-likeness (QED) is 0.242. The summed E-state index contributed by atoms with van der Waals surface area (Å²) in [6, 6.07) is 8.61. The first-order chi connectivity index (χ1) is 12.1. The number of rotatable bonds is 7. The van der Waals surface area contributed by atoms with Gasteiger partial charge >= 0.3 is 0 Å². The number of halogens is 2. The van der Waals surface area contributed by atoms with Gasteiger partial charge in [0.2, 0.25) is 0 Å². The Balaban J connectivity index is 0.00000338. The first-order valence-electron chi connectivity index (χ1n) is 8.11. The lowest BCUT2D eigenvalue weighted by Gasteiger charge is -2.12. The van der Waals surface area contributed by atoms with Gasteiger partial charge in [-0.25, -0.2) is 4.39 Å². The summed E-state index contributed by atoms with van der Waals surface area (Å²) in [6.07, 6.45) is 0.939. The predicted octanol–water partition coefficient (Wildman–Crippen LogP) is 2.95. The molecule has 0 aliphatic heterocycles. The number of carbonyl (C=O) groups excluding carboxylic acids is 1. The third kappa shape index (κ3) is 7.28. The molecule has 1 amide bonds. The van der Waals surface area contributed by atoms with Gasteiger partial charge in [0.15, 0.2) is 5.96 Å². The zero-order valence-electron chi connectivity index (χ0n) is 14.8. The molecule has 0 bridgehead atoms. The minimum atomic E-state index is -0.374. The molecule has 142 valence electrons. The molecule has 0 saturated carbocycles. The lowest BCUT2D eigenvalue weighted by molar-refractivity contribution is 0.0954. The molecule has 0 radical (unpaired) electrons. The molecule has 0 atom stereocenters. The second-order valence-electron chi connectivity index (χ2n) is 5.47. The van der Waals surface area contributed by atoms with Gasteiger partial charge in [0.25, 0.3) is 5.91 Å². The molecule has 0 fully saturated rings. The molecule has 5 nitrogen and oxygen atoms in total. The summed E-state index contributed by atoms with van der Waals surface area (Å²) in [5.41, 5.74) is 0.845. The maximum atomic E-state index is 13.5. The number of aryl methyl sites for hydroxylation is 1. The maximum Gasteiger partial charge on any atom is 0.251 e. The van der Waals surface area contributed by atoms with Crippen LogP contribution in [0, 0.1) is 12.7 Å². The lowest BCUT2D eigenvalue weighted by atomic mass is 10.1. The Kier molecular flexibility index (Phi) is 10.2.